The molecule has 1 aliphatic rings. The van der Waals surface area contributed by atoms with Crippen LogP contribution in [0.3, 0.4) is 0 Å². The van der Waals surface area contributed by atoms with E-state index < -0.39 is 0 Å². The molecule has 1 heterocycles. The first kappa shape index (κ1) is 11.5. The number of benzene rings is 2. The average molecular weight is 252 g/mol. The summed E-state index contributed by atoms with van der Waals surface area (Å²) in [6.45, 7) is 0. The van der Waals surface area contributed by atoms with Gasteiger partial charge in [0.2, 0.25) is 5.91 Å². The summed E-state index contributed by atoms with van der Waals surface area (Å²) in [5.74, 6) is -0.155. The molecule has 2 N–H and O–H groups in total. The topological polar surface area (TPSA) is 58.2 Å². The van der Waals surface area contributed by atoms with Gasteiger partial charge in [-0.3, -0.25) is 20.4 Å². The van der Waals surface area contributed by atoms with Gasteiger partial charge in [-0.25, -0.2) is 0 Å². The van der Waals surface area contributed by atoms with E-state index in [2.05, 4.69) is 10.9 Å². The Morgan fingerprint density at radius 1 is 0.947 bits per heavy atom. The Morgan fingerprint density at radius 2 is 1.74 bits per heavy atom. The number of fused-ring (bicyclic) bond motifs is 1. The van der Waals surface area contributed by atoms with Crippen molar-refractivity contribution in [2.45, 2.75) is 6.42 Å². The molecular weight excluding hydrogens is 240 g/mol. The molecule has 1 amide bonds. The van der Waals surface area contributed by atoms with Gasteiger partial charge in [-0.05, 0) is 11.6 Å². The Labute approximate surface area is 110 Å². The van der Waals surface area contributed by atoms with Gasteiger partial charge in [0, 0.05) is 11.1 Å². The molecule has 0 atom stereocenters. The van der Waals surface area contributed by atoms with Gasteiger partial charge in [-0.1, -0.05) is 42.5 Å². The average Bonchev–Trinajstić information content (AvgIpc) is 2.46. The highest BCUT2D eigenvalue weighted by Crippen LogP contribution is 2.25. The zero-order valence-corrected chi connectivity index (χ0v) is 10.1. The van der Waals surface area contributed by atoms with Gasteiger partial charge in [0.05, 0.1) is 12.1 Å². The molecule has 0 saturated carbocycles. The molecule has 3 rings (SSSR count). The number of anilines is 1. The van der Waals surface area contributed by atoms with Crippen LogP contribution in [-0.2, 0) is 11.2 Å². The number of carbonyl (C=O) groups is 2. The predicted octanol–water partition coefficient (Wildman–Crippen LogP) is 1.92. The molecule has 19 heavy (non-hydrogen) atoms. The van der Waals surface area contributed by atoms with Crippen molar-refractivity contribution in [1.29, 1.82) is 0 Å². The van der Waals surface area contributed by atoms with Crippen molar-refractivity contribution in [3.05, 3.63) is 65.2 Å². The van der Waals surface area contributed by atoms with Crippen LogP contribution in [0.4, 0.5) is 5.69 Å². The molecule has 0 aromatic heterocycles. The van der Waals surface area contributed by atoms with E-state index in [1.165, 1.54) is 0 Å². The highest BCUT2D eigenvalue weighted by molar-refractivity contribution is 6.13. The quantitative estimate of drug-likeness (QED) is 0.803. The van der Waals surface area contributed by atoms with E-state index in [4.69, 9.17) is 0 Å². The fraction of sp³-hybridized carbons (Fsp3) is 0.0667. The molecule has 0 fully saturated rings. The van der Waals surface area contributed by atoms with Gasteiger partial charge in [-0.2, -0.15) is 0 Å². The summed E-state index contributed by atoms with van der Waals surface area (Å²) in [6.07, 6.45) is 0.290. The van der Waals surface area contributed by atoms with Crippen molar-refractivity contribution in [3.63, 3.8) is 0 Å². The number of hydrogen-bond donors (Lipinski definition) is 2. The Kier molecular flexibility index (Phi) is 2.76. The summed E-state index contributed by atoms with van der Waals surface area (Å²) in [6, 6.07) is 14.5. The first-order valence-electron chi connectivity index (χ1n) is 6.02. The zero-order chi connectivity index (χ0) is 13.2. The van der Waals surface area contributed by atoms with Crippen LogP contribution in [0.1, 0.15) is 21.5 Å². The lowest BCUT2D eigenvalue weighted by Crippen LogP contribution is -2.36. The molecule has 0 unspecified atom stereocenters. The van der Waals surface area contributed by atoms with Crippen molar-refractivity contribution in [1.82, 2.24) is 5.43 Å². The molecule has 2 aromatic carbocycles. The number of ketones is 1. The van der Waals surface area contributed by atoms with Gasteiger partial charge in [0.15, 0.2) is 5.78 Å². The third-order valence-corrected chi connectivity index (χ3v) is 3.11. The lowest BCUT2D eigenvalue weighted by molar-refractivity contribution is -0.120. The summed E-state index contributed by atoms with van der Waals surface area (Å²) in [5, 5.41) is 0. The maximum atomic E-state index is 12.4. The number of carbonyl (C=O) groups excluding carboxylic acids is 2. The molecule has 0 aliphatic carbocycles. The first-order valence-corrected chi connectivity index (χ1v) is 6.02. The Hall–Kier alpha value is -2.62. The highest BCUT2D eigenvalue weighted by atomic mass is 16.2. The van der Waals surface area contributed by atoms with Gasteiger partial charge in [0.1, 0.15) is 0 Å². The number of para-hydroxylation sites is 1. The molecule has 4 nitrogen and oxygen atoms in total. The number of hydrogen-bond acceptors (Lipinski definition) is 3. The fourth-order valence-electron chi connectivity index (χ4n) is 2.18. The van der Waals surface area contributed by atoms with Gasteiger partial charge < -0.3 is 0 Å². The molecule has 0 bridgehead atoms. The second-order valence-electron chi connectivity index (χ2n) is 4.38. The van der Waals surface area contributed by atoms with Crippen LogP contribution in [0, 0.1) is 0 Å². The summed E-state index contributed by atoms with van der Waals surface area (Å²) in [4.78, 5) is 23.8. The van der Waals surface area contributed by atoms with Crippen LogP contribution in [0.15, 0.2) is 48.5 Å². The first-order chi connectivity index (χ1) is 9.25. The second-order valence-corrected chi connectivity index (χ2v) is 4.38. The van der Waals surface area contributed by atoms with Crippen LogP contribution in [-0.4, -0.2) is 11.7 Å². The van der Waals surface area contributed by atoms with Crippen LogP contribution in [0.5, 0.6) is 0 Å². The van der Waals surface area contributed by atoms with Crippen LogP contribution < -0.4 is 10.9 Å². The summed E-state index contributed by atoms with van der Waals surface area (Å²) in [7, 11) is 0. The lowest BCUT2D eigenvalue weighted by Gasteiger charge is -2.21. The van der Waals surface area contributed by atoms with Crippen LogP contribution in [0.2, 0.25) is 0 Å². The van der Waals surface area contributed by atoms with E-state index >= 15 is 0 Å². The lowest BCUT2D eigenvalue weighted by atomic mass is 9.97. The summed E-state index contributed by atoms with van der Waals surface area (Å²) < 4.78 is 0. The maximum Gasteiger partial charge on any atom is 0.242 e. The molecule has 0 spiro atoms. The Morgan fingerprint density at radius 3 is 2.53 bits per heavy atom. The second kappa shape index (κ2) is 4.57. The SMILES string of the molecule is O=C1Cc2cccc(C(=O)c3ccccc3)c2NN1. The van der Waals surface area contributed by atoms with E-state index in [9.17, 15) is 9.59 Å². The Bertz CT molecular complexity index is 650. The Balaban J connectivity index is 2.05. The minimum atomic E-state index is -0.100. The van der Waals surface area contributed by atoms with Crippen molar-refractivity contribution in [2.75, 3.05) is 5.43 Å². The van der Waals surface area contributed by atoms with Gasteiger partial charge in [0.25, 0.3) is 0 Å². The largest absolute Gasteiger partial charge is 0.298 e. The van der Waals surface area contributed by atoms with E-state index in [0.717, 1.165) is 5.56 Å². The van der Waals surface area contributed by atoms with Gasteiger partial charge >= 0.3 is 0 Å². The fourth-order valence-corrected chi connectivity index (χ4v) is 2.18. The molecule has 94 valence electrons. The smallest absolute Gasteiger partial charge is 0.242 e. The number of amides is 1. The molecular formula is C15H12N2O2. The van der Waals surface area contributed by atoms with Crippen molar-refractivity contribution >= 4 is 17.4 Å². The normalized spacial score (nSPS) is 13.2. The number of rotatable bonds is 2. The molecule has 1 aliphatic heterocycles. The molecule has 0 radical (unpaired) electrons. The predicted molar refractivity (Wildman–Crippen MR) is 71.8 cm³/mol. The third kappa shape index (κ3) is 2.08. The third-order valence-electron chi connectivity index (χ3n) is 3.11. The zero-order valence-electron chi connectivity index (χ0n) is 10.1. The van der Waals surface area contributed by atoms with E-state index in [0.29, 0.717) is 16.8 Å². The molecule has 4 heteroatoms. The maximum absolute atomic E-state index is 12.4. The number of hydrazine groups is 1. The monoisotopic (exact) mass is 252 g/mol. The van der Waals surface area contributed by atoms with Crippen LogP contribution in [0.25, 0.3) is 0 Å². The van der Waals surface area contributed by atoms with E-state index in [1.54, 1.807) is 24.3 Å². The standard InChI is InChI=1S/C15H12N2O2/c18-13-9-11-7-4-8-12(14(11)17-16-13)15(19)10-5-2-1-3-6-10/h1-8,17H,9H2,(H,16,18). The van der Waals surface area contributed by atoms with Crippen molar-refractivity contribution in [3.8, 4) is 0 Å². The molecule has 2 aromatic rings. The van der Waals surface area contributed by atoms with Crippen molar-refractivity contribution in [2.24, 2.45) is 0 Å². The van der Waals surface area contributed by atoms with E-state index in [1.807, 2.05) is 24.3 Å². The molecule has 0 saturated heterocycles. The van der Waals surface area contributed by atoms with Gasteiger partial charge in [-0.15, -0.1) is 0 Å². The van der Waals surface area contributed by atoms with Crippen LogP contribution >= 0.6 is 0 Å². The minimum Gasteiger partial charge on any atom is -0.298 e. The van der Waals surface area contributed by atoms with E-state index in [-0.39, 0.29) is 18.1 Å². The minimum absolute atomic E-state index is 0.0545. The highest BCUT2D eigenvalue weighted by Gasteiger charge is 2.21. The number of nitrogens with one attached hydrogen (secondary N) is 2. The van der Waals surface area contributed by atoms with Crippen molar-refractivity contribution < 1.29 is 9.59 Å². The summed E-state index contributed by atoms with van der Waals surface area (Å²) >= 11 is 0. The summed E-state index contributed by atoms with van der Waals surface area (Å²) in [5.41, 5.74) is 8.09.